The van der Waals surface area contributed by atoms with Crippen molar-refractivity contribution < 1.29 is 0 Å². The molecule has 0 aliphatic carbocycles. The predicted molar refractivity (Wildman–Crippen MR) is 165 cm³/mol. The second-order valence-corrected chi connectivity index (χ2v) is 13.1. The Morgan fingerprint density at radius 3 is 2.11 bits per heavy atom. The summed E-state index contributed by atoms with van der Waals surface area (Å²) >= 11 is 1.79. The Morgan fingerprint density at radius 1 is 0.763 bits per heavy atom. The summed E-state index contributed by atoms with van der Waals surface area (Å²) in [5.41, 5.74) is 9.97. The van der Waals surface area contributed by atoms with E-state index < -0.39 is 0 Å². The van der Waals surface area contributed by atoms with Crippen molar-refractivity contribution >= 4 is 22.1 Å². The number of hydrogen-bond donors (Lipinski definition) is 0. The zero-order valence-corrected chi connectivity index (χ0v) is 24.7. The van der Waals surface area contributed by atoms with Gasteiger partial charge in [-0.15, -0.1) is 11.3 Å². The minimum absolute atomic E-state index is 0.0354. The smallest absolute Gasteiger partial charge is 0.124 e. The second-order valence-electron chi connectivity index (χ2n) is 12.0. The largest absolute Gasteiger partial charge is 0.256 e. The van der Waals surface area contributed by atoms with Crippen molar-refractivity contribution in [1.29, 1.82) is 0 Å². The predicted octanol–water partition coefficient (Wildman–Crippen LogP) is 10.5. The molecule has 0 aliphatic rings. The highest BCUT2D eigenvalue weighted by Gasteiger charge is 2.21. The molecule has 0 atom stereocenters. The molecule has 2 aromatic heterocycles. The van der Waals surface area contributed by atoms with Crippen molar-refractivity contribution in [2.24, 2.45) is 0 Å². The molecule has 0 unspecified atom stereocenters. The summed E-state index contributed by atoms with van der Waals surface area (Å²) in [5.74, 6) is 0.880. The third-order valence-electron chi connectivity index (χ3n) is 7.43. The van der Waals surface area contributed by atoms with E-state index in [0.29, 0.717) is 11.8 Å². The highest BCUT2D eigenvalue weighted by Crippen LogP contribution is 2.42. The van der Waals surface area contributed by atoms with E-state index in [4.69, 9.17) is 9.97 Å². The Bertz CT molecular complexity index is 1590. The van der Waals surface area contributed by atoms with Gasteiger partial charge in [-0.25, -0.2) is 4.98 Å². The Labute approximate surface area is 231 Å². The standard InChI is InChI=1S/C35H38N2S/c1-21(2)26-14-11-15-27(22(3)4)33(26)34-37-20-32(38-34)29-18-31(36-19-23(29)5)25-16-24-12-9-10-13-28(24)30(17-25)35(6,7)8/h9-22H,1-8H3. The van der Waals surface area contributed by atoms with E-state index in [1.165, 1.54) is 49.0 Å². The Balaban J connectivity index is 1.63. The molecule has 0 N–H and O–H groups in total. The van der Waals surface area contributed by atoms with Gasteiger partial charge in [0.25, 0.3) is 0 Å². The fourth-order valence-corrected chi connectivity index (χ4v) is 6.43. The van der Waals surface area contributed by atoms with E-state index in [9.17, 15) is 0 Å². The molecule has 5 rings (SSSR count). The lowest BCUT2D eigenvalue weighted by atomic mass is 9.82. The first-order valence-corrected chi connectivity index (χ1v) is 14.5. The van der Waals surface area contributed by atoms with Gasteiger partial charge >= 0.3 is 0 Å². The normalized spacial score (nSPS) is 12.2. The molecule has 2 nitrogen and oxygen atoms in total. The lowest BCUT2D eigenvalue weighted by Gasteiger charge is -2.23. The number of thiazole rings is 1. The third kappa shape index (κ3) is 4.92. The molecular formula is C35H38N2S. The van der Waals surface area contributed by atoms with Crippen molar-refractivity contribution in [3.05, 3.63) is 95.3 Å². The van der Waals surface area contributed by atoms with Crippen LogP contribution in [-0.4, -0.2) is 9.97 Å². The highest BCUT2D eigenvalue weighted by atomic mass is 32.1. The zero-order chi connectivity index (χ0) is 27.2. The van der Waals surface area contributed by atoms with E-state index >= 15 is 0 Å². The van der Waals surface area contributed by atoms with Crippen LogP contribution in [-0.2, 0) is 5.41 Å². The highest BCUT2D eigenvalue weighted by molar-refractivity contribution is 7.18. The van der Waals surface area contributed by atoms with Crippen LogP contribution >= 0.6 is 11.3 Å². The van der Waals surface area contributed by atoms with Crippen LogP contribution in [0.1, 0.15) is 82.6 Å². The van der Waals surface area contributed by atoms with Gasteiger partial charge in [0.1, 0.15) is 5.01 Å². The average molecular weight is 519 g/mol. The summed E-state index contributed by atoms with van der Waals surface area (Å²) in [6, 6.07) is 22.2. The van der Waals surface area contributed by atoms with Gasteiger partial charge in [-0.3, -0.25) is 4.98 Å². The van der Waals surface area contributed by atoms with E-state index in [1.807, 2.05) is 12.4 Å². The van der Waals surface area contributed by atoms with E-state index in [2.05, 4.69) is 116 Å². The van der Waals surface area contributed by atoms with Gasteiger partial charge in [-0.2, -0.15) is 0 Å². The van der Waals surface area contributed by atoms with E-state index in [-0.39, 0.29) is 5.41 Å². The van der Waals surface area contributed by atoms with Gasteiger partial charge in [-0.05, 0) is 81.0 Å². The summed E-state index contributed by atoms with van der Waals surface area (Å²) in [7, 11) is 0. The van der Waals surface area contributed by atoms with E-state index in [1.54, 1.807) is 11.3 Å². The number of aromatic nitrogens is 2. The van der Waals surface area contributed by atoms with Crippen LogP contribution < -0.4 is 0 Å². The molecule has 0 fully saturated rings. The first kappa shape index (κ1) is 26.3. The van der Waals surface area contributed by atoms with Crippen LogP contribution in [0.4, 0.5) is 0 Å². The minimum atomic E-state index is 0.0354. The fraction of sp³-hybridized carbons (Fsp3) is 0.314. The Morgan fingerprint density at radius 2 is 1.45 bits per heavy atom. The molecule has 0 spiro atoms. The van der Waals surface area contributed by atoms with Gasteiger partial charge in [0.15, 0.2) is 0 Å². The maximum absolute atomic E-state index is 4.98. The molecule has 0 aliphatic heterocycles. The lowest BCUT2D eigenvalue weighted by Crippen LogP contribution is -2.12. The molecule has 3 aromatic carbocycles. The van der Waals surface area contributed by atoms with Crippen LogP contribution in [0.2, 0.25) is 0 Å². The summed E-state index contributed by atoms with van der Waals surface area (Å²) in [6.07, 6.45) is 4.06. The third-order valence-corrected chi connectivity index (χ3v) is 8.47. The van der Waals surface area contributed by atoms with Gasteiger partial charge in [0.05, 0.1) is 10.6 Å². The van der Waals surface area contributed by atoms with Crippen LogP contribution in [0.25, 0.3) is 43.0 Å². The lowest BCUT2D eigenvalue weighted by molar-refractivity contribution is 0.596. The van der Waals surface area contributed by atoms with Crippen molar-refractivity contribution in [1.82, 2.24) is 9.97 Å². The maximum Gasteiger partial charge on any atom is 0.124 e. The SMILES string of the molecule is Cc1cnc(-c2cc(C(C)(C)C)c3ccccc3c2)cc1-c1cnc(-c2c(C(C)C)cccc2C(C)C)s1. The molecule has 0 bridgehead atoms. The molecular weight excluding hydrogens is 480 g/mol. The van der Waals surface area contributed by atoms with Gasteiger partial charge in [0.2, 0.25) is 0 Å². The molecule has 2 heterocycles. The molecule has 194 valence electrons. The monoisotopic (exact) mass is 518 g/mol. The summed E-state index contributed by atoms with van der Waals surface area (Å²) in [5, 5.41) is 3.67. The van der Waals surface area contributed by atoms with Crippen molar-refractivity contribution in [2.45, 2.75) is 72.6 Å². The molecule has 0 amide bonds. The number of hydrogen-bond acceptors (Lipinski definition) is 3. The number of aryl methyl sites for hydroxylation is 1. The molecule has 0 saturated heterocycles. The number of pyridine rings is 1. The van der Waals surface area contributed by atoms with Crippen LogP contribution in [0.15, 0.2) is 73.1 Å². The summed E-state index contributed by atoms with van der Waals surface area (Å²) in [4.78, 5) is 11.1. The molecule has 0 radical (unpaired) electrons. The Kier molecular flexibility index (Phi) is 7.00. The minimum Gasteiger partial charge on any atom is -0.256 e. The maximum atomic E-state index is 4.98. The zero-order valence-electron chi connectivity index (χ0n) is 23.9. The molecule has 0 saturated carbocycles. The number of nitrogens with zero attached hydrogens (tertiary/aromatic N) is 2. The summed E-state index contributed by atoms with van der Waals surface area (Å²) < 4.78 is 0. The fourth-order valence-electron chi connectivity index (χ4n) is 5.34. The topological polar surface area (TPSA) is 25.8 Å². The Hall–Kier alpha value is -3.30. The molecule has 5 aromatic rings. The number of benzene rings is 3. The second kappa shape index (κ2) is 10.1. The van der Waals surface area contributed by atoms with Crippen molar-refractivity contribution in [2.75, 3.05) is 0 Å². The van der Waals surface area contributed by atoms with Crippen molar-refractivity contribution in [3.8, 4) is 32.3 Å². The number of fused-ring (bicyclic) bond motifs is 1. The summed E-state index contributed by atoms with van der Waals surface area (Å²) in [6.45, 7) is 18.1. The van der Waals surface area contributed by atoms with Crippen LogP contribution in [0.3, 0.4) is 0 Å². The molecule has 3 heteroatoms. The first-order chi connectivity index (χ1) is 18.0. The van der Waals surface area contributed by atoms with Crippen LogP contribution in [0.5, 0.6) is 0 Å². The van der Waals surface area contributed by atoms with Gasteiger partial charge in [0, 0.05) is 23.5 Å². The number of rotatable bonds is 5. The molecule has 38 heavy (non-hydrogen) atoms. The first-order valence-electron chi connectivity index (χ1n) is 13.6. The van der Waals surface area contributed by atoms with Crippen LogP contribution in [0, 0.1) is 6.92 Å². The van der Waals surface area contributed by atoms with E-state index in [0.717, 1.165) is 16.3 Å². The van der Waals surface area contributed by atoms with Crippen molar-refractivity contribution in [3.63, 3.8) is 0 Å². The van der Waals surface area contributed by atoms with Gasteiger partial charge in [-0.1, -0.05) is 90.9 Å². The quantitative estimate of drug-likeness (QED) is 0.231. The van der Waals surface area contributed by atoms with Gasteiger partial charge < -0.3 is 0 Å². The average Bonchev–Trinajstić information content (AvgIpc) is 3.37.